The van der Waals surface area contributed by atoms with Crippen LogP contribution in [-0.2, 0) is 16.8 Å². The van der Waals surface area contributed by atoms with Crippen molar-refractivity contribution in [2.75, 3.05) is 50.7 Å². The van der Waals surface area contributed by atoms with E-state index in [1.165, 1.54) is 12.8 Å². The van der Waals surface area contributed by atoms with Gasteiger partial charge in [-0.15, -0.1) is 0 Å². The zero-order valence-electron chi connectivity index (χ0n) is 28.1. The number of piperidine rings is 1. The highest BCUT2D eigenvalue weighted by molar-refractivity contribution is 6.31. The first-order valence-corrected chi connectivity index (χ1v) is 16.9. The van der Waals surface area contributed by atoms with Crippen LogP contribution in [0, 0.1) is 17.9 Å². The predicted octanol–water partition coefficient (Wildman–Crippen LogP) is 7.35. The molecule has 248 valence electrons. The fraction of sp³-hybridized carbons (Fsp3) is 0.514. The van der Waals surface area contributed by atoms with E-state index in [0.29, 0.717) is 28.6 Å². The Labute approximate surface area is 283 Å². The predicted molar refractivity (Wildman–Crippen MR) is 184 cm³/mol. The summed E-state index contributed by atoms with van der Waals surface area (Å²) in [6, 6.07) is 15.5. The van der Waals surface area contributed by atoms with E-state index in [1.807, 2.05) is 62.2 Å². The number of rotatable bonds is 8. The van der Waals surface area contributed by atoms with Crippen LogP contribution in [0.1, 0.15) is 64.3 Å². The maximum atomic E-state index is 12.2. The fourth-order valence-corrected chi connectivity index (χ4v) is 7.10. The van der Waals surface area contributed by atoms with E-state index in [-0.39, 0.29) is 11.5 Å². The number of nitrogens with zero attached hydrogens (tertiary/aromatic N) is 6. The van der Waals surface area contributed by atoms with Gasteiger partial charge in [0.15, 0.2) is 5.69 Å². The number of likely N-dealkylation sites (tertiary alicyclic amines) is 2. The molecule has 2 aromatic carbocycles. The van der Waals surface area contributed by atoms with Crippen LogP contribution in [0.2, 0.25) is 5.02 Å². The summed E-state index contributed by atoms with van der Waals surface area (Å²) in [5.41, 5.74) is 3.07. The Morgan fingerprint density at radius 1 is 1.02 bits per heavy atom. The largest absolute Gasteiger partial charge is 0.487 e. The third-order valence-corrected chi connectivity index (χ3v) is 9.99. The van der Waals surface area contributed by atoms with E-state index in [9.17, 15) is 4.79 Å². The van der Waals surface area contributed by atoms with Gasteiger partial charge >= 0.3 is 6.09 Å². The molecule has 3 fully saturated rings. The Balaban J connectivity index is 0.952. The first-order valence-electron chi connectivity index (χ1n) is 16.5. The van der Waals surface area contributed by atoms with Crippen molar-refractivity contribution in [3.8, 4) is 5.75 Å². The van der Waals surface area contributed by atoms with Crippen molar-refractivity contribution >= 4 is 29.3 Å². The molecule has 0 atom stereocenters. The third-order valence-electron chi connectivity index (χ3n) is 9.77. The molecule has 9 nitrogen and oxygen atoms in total. The second-order valence-electron chi connectivity index (χ2n) is 15.0. The smallest absolute Gasteiger partial charge is 0.410 e. The van der Waals surface area contributed by atoms with Gasteiger partial charge in [-0.1, -0.05) is 43.6 Å². The summed E-state index contributed by atoms with van der Waals surface area (Å²) < 4.78 is 11.6. The number of amides is 1. The summed E-state index contributed by atoms with van der Waals surface area (Å²) in [6.45, 7) is 24.5. The first-order chi connectivity index (χ1) is 22.3. The lowest BCUT2D eigenvalue weighted by atomic mass is 9.72. The standard InChI is InChI=1S/C37H45ClN6O3/c1-35(2,3)47-34(45)43-21-26(22-43)20-42-15-12-37(13-16-42)24-44(25-37)33-40-14-11-30(41-33)23-46-32-9-7-27(8-10-32)36(4,5)28-17-29(38)19-31(18-28)39-6/h7-11,14,17-19,26H,12-13,15-16,20-25H2,1-5H3. The van der Waals surface area contributed by atoms with Crippen LogP contribution in [0.3, 0.4) is 0 Å². The van der Waals surface area contributed by atoms with E-state index in [0.717, 1.165) is 74.3 Å². The fourth-order valence-electron chi connectivity index (χ4n) is 6.87. The van der Waals surface area contributed by atoms with Crippen LogP contribution >= 0.6 is 11.6 Å². The van der Waals surface area contributed by atoms with Gasteiger partial charge in [0.2, 0.25) is 5.95 Å². The van der Waals surface area contributed by atoms with Gasteiger partial charge in [-0.2, -0.15) is 0 Å². The van der Waals surface area contributed by atoms with E-state index < -0.39 is 5.60 Å². The van der Waals surface area contributed by atoms with Crippen LogP contribution in [0.4, 0.5) is 16.4 Å². The number of hydrogen-bond acceptors (Lipinski definition) is 7. The van der Waals surface area contributed by atoms with Crippen molar-refractivity contribution in [2.45, 2.75) is 65.1 Å². The minimum Gasteiger partial charge on any atom is -0.487 e. The number of hydrogen-bond donors (Lipinski definition) is 0. The Hall–Kier alpha value is -3.87. The summed E-state index contributed by atoms with van der Waals surface area (Å²) in [5, 5.41) is 0.569. The number of benzene rings is 2. The molecular formula is C37H45ClN6O3. The highest BCUT2D eigenvalue weighted by atomic mass is 35.5. The van der Waals surface area contributed by atoms with Gasteiger partial charge in [-0.05, 0) is 88.2 Å². The van der Waals surface area contributed by atoms with Gasteiger partial charge in [0.1, 0.15) is 18.0 Å². The molecule has 0 unspecified atom stereocenters. The molecule has 0 aliphatic carbocycles. The molecule has 0 bridgehead atoms. The van der Waals surface area contributed by atoms with Gasteiger partial charge in [-0.3, -0.25) is 0 Å². The molecule has 3 saturated heterocycles. The molecule has 1 spiro atoms. The second kappa shape index (κ2) is 13.0. The van der Waals surface area contributed by atoms with Crippen LogP contribution in [0.15, 0.2) is 54.7 Å². The molecule has 0 radical (unpaired) electrons. The Morgan fingerprint density at radius 2 is 1.72 bits per heavy atom. The van der Waals surface area contributed by atoms with Gasteiger partial charge in [0.05, 0.1) is 12.3 Å². The minimum absolute atomic E-state index is 0.194. The summed E-state index contributed by atoms with van der Waals surface area (Å²) >= 11 is 6.29. The highest BCUT2D eigenvalue weighted by Gasteiger charge is 2.46. The van der Waals surface area contributed by atoms with Gasteiger partial charge in [0.25, 0.3) is 0 Å². The number of halogens is 1. The molecule has 3 aliphatic heterocycles. The lowest BCUT2D eigenvalue weighted by Crippen LogP contribution is -2.62. The van der Waals surface area contributed by atoms with Gasteiger partial charge in [-0.25, -0.2) is 19.6 Å². The minimum atomic E-state index is -0.447. The Kier molecular flexibility index (Phi) is 9.12. The third kappa shape index (κ3) is 7.66. The molecule has 1 amide bonds. The van der Waals surface area contributed by atoms with E-state index in [1.54, 1.807) is 6.07 Å². The van der Waals surface area contributed by atoms with E-state index in [4.69, 9.17) is 32.6 Å². The van der Waals surface area contributed by atoms with Crippen LogP contribution < -0.4 is 9.64 Å². The topological polar surface area (TPSA) is 75.4 Å². The maximum Gasteiger partial charge on any atom is 0.410 e. The molecule has 0 saturated carbocycles. The van der Waals surface area contributed by atoms with Crippen LogP contribution in [-0.4, -0.2) is 77.3 Å². The average molecular weight is 657 g/mol. The molecule has 3 aliphatic rings. The highest BCUT2D eigenvalue weighted by Crippen LogP contribution is 2.42. The summed E-state index contributed by atoms with van der Waals surface area (Å²) in [5.74, 6) is 2.08. The molecular weight excluding hydrogens is 612 g/mol. The number of anilines is 1. The average Bonchev–Trinajstić information content (AvgIpc) is 3.00. The van der Waals surface area contributed by atoms with Crippen molar-refractivity contribution in [1.29, 1.82) is 0 Å². The normalized spacial score (nSPS) is 18.3. The SMILES string of the molecule is [C-]#[N+]c1cc(Cl)cc(C(C)(C)c2ccc(OCc3ccnc(N4CC5(CCN(CC6CN(C(=O)OC(C)(C)C)C6)CC5)C4)n3)cc2)c1. The van der Waals surface area contributed by atoms with Gasteiger partial charge < -0.3 is 24.2 Å². The Bertz CT molecular complexity index is 1620. The van der Waals surface area contributed by atoms with E-state index in [2.05, 4.69) is 45.6 Å². The van der Waals surface area contributed by atoms with E-state index >= 15 is 0 Å². The number of carbonyl (C=O) groups is 1. The number of aromatic nitrogens is 2. The summed E-state index contributed by atoms with van der Waals surface area (Å²) in [4.78, 5) is 31.9. The maximum absolute atomic E-state index is 12.2. The number of ether oxygens (including phenoxy) is 2. The number of carbonyl (C=O) groups excluding carboxylic acids is 1. The molecule has 3 aromatic rings. The molecule has 6 rings (SSSR count). The molecule has 1 aromatic heterocycles. The molecule has 4 heterocycles. The van der Waals surface area contributed by atoms with Gasteiger partial charge in [0, 0.05) is 60.7 Å². The van der Waals surface area contributed by atoms with Crippen molar-refractivity contribution < 1.29 is 14.3 Å². The zero-order chi connectivity index (χ0) is 33.4. The summed E-state index contributed by atoms with van der Waals surface area (Å²) in [7, 11) is 0. The molecule has 47 heavy (non-hydrogen) atoms. The van der Waals surface area contributed by atoms with Crippen molar-refractivity contribution in [3.05, 3.63) is 88.0 Å². The van der Waals surface area contributed by atoms with Crippen molar-refractivity contribution in [2.24, 2.45) is 11.3 Å². The van der Waals surface area contributed by atoms with Crippen molar-refractivity contribution in [1.82, 2.24) is 19.8 Å². The van der Waals surface area contributed by atoms with Crippen LogP contribution in [0.25, 0.3) is 4.85 Å². The van der Waals surface area contributed by atoms with Crippen molar-refractivity contribution in [3.63, 3.8) is 0 Å². The quantitative estimate of drug-likeness (QED) is 0.235. The lowest BCUT2D eigenvalue weighted by molar-refractivity contribution is -0.0118. The van der Waals surface area contributed by atoms with Crippen LogP contribution in [0.5, 0.6) is 5.75 Å². The molecule has 10 heteroatoms. The summed E-state index contributed by atoms with van der Waals surface area (Å²) in [6.07, 6.45) is 3.99. The monoisotopic (exact) mass is 656 g/mol. The Morgan fingerprint density at radius 3 is 2.38 bits per heavy atom. The molecule has 0 N–H and O–H groups in total. The second-order valence-corrected chi connectivity index (χ2v) is 15.4. The lowest BCUT2D eigenvalue weighted by Gasteiger charge is -2.54. The first kappa shape index (κ1) is 33.0. The zero-order valence-corrected chi connectivity index (χ0v) is 28.9.